The fraction of sp³-hybridized carbons (Fsp3) is 0. The number of ether oxygens (including phenoxy) is 1. The molecule has 8 aromatic rings. The van der Waals surface area contributed by atoms with Gasteiger partial charge in [0.05, 0.1) is 16.7 Å². The van der Waals surface area contributed by atoms with E-state index in [1.165, 1.54) is 21.9 Å². The summed E-state index contributed by atoms with van der Waals surface area (Å²) in [5, 5.41) is 2.44. The summed E-state index contributed by atoms with van der Waals surface area (Å²) in [6, 6.07) is 55.8. The Bertz CT molecular complexity index is 2440. The Kier molecular flexibility index (Phi) is 5.37. The molecule has 0 amide bonds. The molecule has 2 aliphatic heterocycles. The van der Waals surface area contributed by atoms with E-state index in [0.717, 1.165) is 67.1 Å². The number of aromatic nitrogens is 1. The van der Waals surface area contributed by atoms with Gasteiger partial charge in [-0.2, -0.15) is 0 Å². The zero-order chi connectivity index (χ0) is 30.2. The summed E-state index contributed by atoms with van der Waals surface area (Å²) in [7, 11) is 0. The molecule has 7 aromatic carbocycles. The lowest BCUT2D eigenvalue weighted by molar-refractivity contribution is 0.478. The van der Waals surface area contributed by atoms with Crippen LogP contribution in [0.4, 0.5) is 0 Å². The third kappa shape index (κ3) is 3.67. The van der Waals surface area contributed by atoms with Crippen molar-refractivity contribution in [3.63, 3.8) is 0 Å². The topological polar surface area (TPSA) is 23.4 Å². The number of hydrogen-bond acceptors (Lipinski definition) is 2. The first kappa shape index (κ1) is 25.3. The Morgan fingerprint density at radius 2 is 1.11 bits per heavy atom. The number of rotatable bonds is 3. The lowest BCUT2D eigenvalue weighted by atomic mass is 9.50. The number of benzene rings is 7. The summed E-state index contributed by atoms with van der Waals surface area (Å²) in [5.74, 6) is 2.54. The summed E-state index contributed by atoms with van der Waals surface area (Å²) in [6.07, 6.45) is 0. The Morgan fingerprint density at radius 3 is 1.91 bits per heavy atom. The second kappa shape index (κ2) is 9.75. The molecule has 0 N–H and O–H groups in total. The van der Waals surface area contributed by atoms with Gasteiger partial charge in [-0.25, -0.2) is 0 Å². The summed E-state index contributed by atoms with van der Waals surface area (Å²) in [5.41, 5.74) is 12.3. The molecule has 4 heteroatoms. The van der Waals surface area contributed by atoms with Crippen molar-refractivity contribution < 1.29 is 9.39 Å². The van der Waals surface area contributed by atoms with E-state index >= 15 is 0 Å². The maximum Gasteiger partial charge on any atom is 0.434 e. The summed E-state index contributed by atoms with van der Waals surface area (Å²) in [6.45, 7) is -0.290. The molecule has 0 fully saturated rings. The fourth-order valence-corrected chi connectivity index (χ4v) is 7.40. The maximum absolute atomic E-state index is 7.07. The van der Waals surface area contributed by atoms with E-state index in [0.29, 0.717) is 0 Å². The number of nitrogens with zero attached hydrogens (tertiary/aromatic N) is 1. The molecule has 214 valence electrons. The van der Waals surface area contributed by atoms with Crippen LogP contribution in [-0.4, -0.2) is 11.5 Å². The summed E-state index contributed by atoms with van der Waals surface area (Å²) < 4.78 is 16.2. The minimum absolute atomic E-state index is 0.290. The minimum atomic E-state index is -0.290. The first-order valence-corrected chi connectivity index (χ1v) is 15.7. The van der Waals surface area contributed by atoms with Gasteiger partial charge in [-0.05, 0) is 70.3 Å². The van der Waals surface area contributed by atoms with E-state index in [2.05, 4.69) is 156 Å². The van der Waals surface area contributed by atoms with Crippen molar-refractivity contribution in [2.75, 3.05) is 0 Å². The second-order valence-corrected chi connectivity index (χ2v) is 12.0. The van der Waals surface area contributed by atoms with Crippen LogP contribution in [0.25, 0.3) is 60.9 Å². The molecule has 0 saturated carbocycles. The molecule has 3 nitrogen and oxygen atoms in total. The largest absolute Gasteiger partial charge is 0.551 e. The van der Waals surface area contributed by atoms with Crippen LogP contribution >= 0.6 is 0 Å². The number of para-hydroxylation sites is 4. The third-order valence-corrected chi connectivity index (χ3v) is 9.47. The van der Waals surface area contributed by atoms with Crippen LogP contribution in [0.5, 0.6) is 17.2 Å². The van der Waals surface area contributed by atoms with Gasteiger partial charge in [-0.3, -0.25) is 0 Å². The number of hydrogen-bond donors (Lipinski definition) is 0. The molecule has 0 bridgehead atoms. The van der Waals surface area contributed by atoms with Crippen molar-refractivity contribution in [1.82, 2.24) is 4.57 Å². The highest BCUT2D eigenvalue weighted by molar-refractivity contribution is 6.84. The number of fused-ring (bicyclic) bond motifs is 7. The predicted molar refractivity (Wildman–Crippen MR) is 189 cm³/mol. The van der Waals surface area contributed by atoms with Crippen molar-refractivity contribution in [3.05, 3.63) is 158 Å². The van der Waals surface area contributed by atoms with E-state index in [9.17, 15) is 0 Å². The average molecular weight is 587 g/mol. The Labute approximate surface area is 267 Å². The molecular formula is C42H26BNO2. The van der Waals surface area contributed by atoms with Gasteiger partial charge in [0.25, 0.3) is 0 Å². The molecule has 46 heavy (non-hydrogen) atoms. The van der Waals surface area contributed by atoms with Gasteiger partial charge in [-0.15, -0.1) is 0 Å². The normalized spacial score (nSPS) is 12.7. The standard InChI is InChI=1S/C42H26BNO2/c1-2-12-27(13-3-1)28-14-10-15-29(24-28)30-25-34-33-18-6-9-23-39(33)46-43-35-19-11-22-38(42(35)45-40(26-30)41(34)43)44-36-20-7-4-16-31(36)32-17-5-8-21-37(32)44/h1-26H. The minimum Gasteiger partial charge on any atom is -0.551 e. The molecule has 1 aromatic heterocycles. The highest BCUT2D eigenvalue weighted by Gasteiger charge is 2.42. The first-order valence-electron chi connectivity index (χ1n) is 15.7. The first-order chi connectivity index (χ1) is 22.8. The average Bonchev–Trinajstić information content (AvgIpc) is 3.46. The van der Waals surface area contributed by atoms with Gasteiger partial charge in [0, 0.05) is 27.3 Å². The van der Waals surface area contributed by atoms with Crippen LogP contribution in [0.2, 0.25) is 0 Å². The van der Waals surface area contributed by atoms with E-state index in [-0.39, 0.29) is 6.92 Å². The summed E-state index contributed by atoms with van der Waals surface area (Å²) in [4.78, 5) is 0. The molecule has 0 aliphatic carbocycles. The molecule has 0 spiro atoms. The van der Waals surface area contributed by atoms with Crippen molar-refractivity contribution >= 4 is 39.6 Å². The van der Waals surface area contributed by atoms with E-state index in [1.807, 2.05) is 6.07 Å². The zero-order valence-electron chi connectivity index (χ0n) is 24.9. The van der Waals surface area contributed by atoms with Gasteiger partial charge in [-0.1, -0.05) is 115 Å². The molecule has 0 unspecified atom stereocenters. The SMILES string of the molecule is c1ccc(-c2cccc(-c3cc4c5c(c3)-c3ccccc3OB5c3cccc(-n5c6ccccc6c6ccccc65)c3O4)c2)cc1. The lowest BCUT2D eigenvalue weighted by Gasteiger charge is -2.34. The van der Waals surface area contributed by atoms with Gasteiger partial charge < -0.3 is 14.0 Å². The Balaban J connectivity index is 1.21. The zero-order valence-corrected chi connectivity index (χ0v) is 24.9. The fourth-order valence-electron chi connectivity index (χ4n) is 7.40. The Hall–Kier alpha value is -6.00. The van der Waals surface area contributed by atoms with Crippen molar-refractivity contribution in [2.24, 2.45) is 0 Å². The molecule has 0 radical (unpaired) electrons. The Morgan fingerprint density at radius 1 is 0.457 bits per heavy atom. The molecule has 2 aliphatic rings. The molecular weight excluding hydrogens is 561 g/mol. The lowest BCUT2D eigenvalue weighted by Crippen LogP contribution is -2.53. The predicted octanol–water partition coefficient (Wildman–Crippen LogP) is 9.39. The van der Waals surface area contributed by atoms with Gasteiger partial charge >= 0.3 is 6.92 Å². The molecule has 10 rings (SSSR count). The highest BCUT2D eigenvalue weighted by Crippen LogP contribution is 2.44. The van der Waals surface area contributed by atoms with Crippen molar-refractivity contribution in [2.45, 2.75) is 0 Å². The van der Waals surface area contributed by atoms with E-state index in [1.54, 1.807) is 0 Å². The smallest absolute Gasteiger partial charge is 0.434 e. The second-order valence-electron chi connectivity index (χ2n) is 12.0. The van der Waals surface area contributed by atoms with E-state index in [4.69, 9.17) is 9.39 Å². The van der Waals surface area contributed by atoms with Crippen LogP contribution in [0, 0.1) is 0 Å². The third-order valence-electron chi connectivity index (χ3n) is 9.47. The van der Waals surface area contributed by atoms with Crippen LogP contribution in [0.1, 0.15) is 0 Å². The monoisotopic (exact) mass is 587 g/mol. The summed E-state index contributed by atoms with van der Waals surface area (Å²) >= 11 is 0. The molecule has 3 heterocycles. The van der Waals surface area contributed by atoms with Crippen molar-refractivity contribution in [3.8, 4) is 56.3 Å². The van der Waals surface area contributed by atoms with Crippen LogP contribution < -0.4 is 20.3 Å². The van der Waals surface area contributed by atoms with Crippen molar-refractivity contribution in [1.29, 1.82) is 0 Å². The van der Waals surface area contributed by atoms with E-state index < -0.39 is 0 Å². The quantitative estimate of drug-likeness (QED) is 0.192. The molecule has 0 saturated heterocycles. The van der Waals surface area contributed by atoms with Crippen LogP contribution in [-0.2, 0) is 0 Å². The van der Waals surface area contributed by atoms with Crippen LogP contribution in [0.15, 0.2) is 158 Å². The molecule has 0 atom stereocenters. The van der Waals surface area contributed by atoms with Gasteiger partial charge in [0.1, 0.15) is 17.2 Å². The van der Waals surface area contributed by atoms with Crippen LogP contribution in [0.3, 0.4) is 0 Å². The van der Waals surface area contributed by atoms with Gasteiger partial charge in [0.15, 0.2) is 0 Å². The van der Waals surface area contributed by atoms with Gasteiger partial charge in [0.2, 0.25) is 0 Å². The highest BCUT2D eigenvalue weighted by atomic mass is 16.5. The maximum atomic E-state index is 7.07.